The van der Waals surface area contributed by atoms with Gasteiger partial charge in [-0.15, -0.1) is 0 Å². The number of anilines is 1. The van der Waals surface area contributed by atoms with E-state index in [1.807, 2.05) is 66.8 Å². The zero-order valence-electron chi connectivity index (χ0n) is 18.6. The first-order valence-electron chi connectivity index (χ1n) is 10.3. The van der Waals surface area contributed by atoms with Crippen molar-refractivity contribution in [3.8, 4) is 36.6 Å². The van der Waals surface area contributed by atoms with Crippen LogP contribution in [0.4, 0.5) is 5.69 Å². The van der Waals surface area contributed by atoms with E-state index < -0.39 is 11.9 Å². The Morgan fingerprint density at radius 2 is 1.17 bits per heavy atom. The molecule has 0 aromatic heterocycles. The zero-order chi connectivity index (χ0) is 25.0. The van der Waals surface area contributed by atoms with Crippen molar-refractivity contribution in [3.63, 3.8) is 0 Å². The second kappa shape index (κ2) is 12.2. The lowest BCUT2D eigenvalue weighted by Crippen LogP contribution is -2.12. The maximum Gasteiger partial charge on any atom is 0.358 e. The van der Waals surface area contributed by atoms with Crippen molar-refractivity contribution in [1.82, 2.24) is 0 Å². The van der Waals surface area contributed by atoms with Crippen LogP contribution in [-0.4, -0.2) is 25.2 Å². The Morgan fingerprint density at radius 3 is 1.57 bits per heavy atom. The molecule has 0 amide bonds. The fourth-order valence-electron chi connectivity index (χ4n) is 3.03. The lowest BCUT2D eigenvalue weighted by molar-refractivity contribution is -0.139. The Kier molecular flexibility index (Phi) is 8.54. The molecule has 0 heterocycles. The maximum atomic E-state index is 11.4. The van der Waals surface area contributed by atoms with E-state index in [0.717, 1.165) is 22.3 Å². The van der Waals surface area contributed by atoms with Crippen molar-refractivity contribution in [2.75, 3.05) is 18.9 Å². The van der Waals surface area contributed by atoms with Crippen LogP contribution in [0.5, 0.6) is 11.5 Å². The summed E-state index contributed by atoms with van der Waals surface area (Å²) in [6.45, 7) is -0.595. The minimum Gasteiger partial charge on any atom is -0.482 e. The predicted molar refractivity (Wildman–Crippen MR) is 140 cm³/mol. The van der Waals surface area contributed by atoms with Crippen molar-refractivity contribution < 1.29 is 34.2 Å². The zero-order valence-corrected chi connectivity index (χ0v) is 18.6. The Labute approximate surface area is 209 Å². The van der Waals surface area contributed by atoms with Crippen LogP contribution in [0.15, 0.2) is 72.8 Å². The molecule has 0 atom stereocenters. The van der Waals surface area contributed by atoms with E-state index >= 15 is 0 Å². The second-order valence-electron chi connectivity index (χ2n) is 7.03. The second-order valence-corrected chi connectivity index (χ2v) is 7.03. The van der Waals surface area contributed by atoms with Gasteiger partial charge in [-0.05, 0) is 64.7 Å². The van der Waals surface area contributed by atoms with Crippen LogP contribution in [0, 0.1) is 25.1 Å². The summed E-state index contributed by atoms with van der Waals surface area (Å²) in [6.07, 6.45) is 15.5. The average Bonchev–Trinajstić information content (AvgIpc) is 2.87. The van der Waals surface area contributed by atoms with Crippen LogP contribution >= 0.6 is 0 Å². The van der Waals surface area contributed by atoms with Gasteiger partial charge in [0.2, 0.25) is 0 Å². The van der Waals surface area contributed by atoms with Gasteiger partial charge in [0.05, 0.1) is 0 Å². The van der Waals surface area contributed by atoms with Crippen LogP contribution in [0.25, 0.3) is 11.6 Å². The molecule has 0 aliphatic rings. The number of hydrogen-bond donors (Lipinski definition) is 1. The normalized spacial score (nSPS) is 9.66. The third-order valence-corrected chi connectivity index (χ3v) is 4.64. The van der Waals surface area contributed by atoms with Crippen molar-refractivity contribution in [3.05, 3.63) is 89.5 Å². The van der Waals surface area contributed by atoms with Gasteiger partial charge in [-0.1, -0.05) is 49.2 Å². The van der Waals surface area contributed by atoms with Crippen LogP contribution in [-0.2, 0) is 19.1 Å². The van der Waals surface area contributed by atoms with Crippen LogP contribution in [0.3, 0.4) is 0 Å². The van der Waals surface area contributed by atoms with E-state index in [1.54, 1.807) is 24.3 Å². The number of benzene rings is 3. The van der Waals surface area contributed by atoms with Crippen LogP contribution in [0.2, 0.25) is 0 Å². The molecule has 182 valence electrons. The van der Waals surface area contributed by atoms with Crippen molar-refractivity contribution >= 4 is 29.3 Å². The lowest BCUT2D eigenvalue weighted by Gasteiger charge is -2.12. The summed E-state index contributed by atoms with van der Waals surface area (Å²) in [7, 11) is 0. The number of nitrogen functional groups attached to an aromatic ring is 1. The SMILES string of the molecule is C#COC(=O)COc1ccc(C(=Cc2ccc(N)cc2)c2ccc(OCC(=O)OC#C)cc2)cc1.[HH].[HH].[HH].[HH]. The first kappa shape index (κ1) is 24.5. The van der Waals surface area contributed by atoms with E-state index in [0.29, 0.717) is 17.2 Å². The molecule has 0 aliphatic carbocycles. The Morgan fingerprint density at radius 1 is 0.743 bits per heavy atom. The standard InChI is InChI=1S/C28H21NO6.4H2/c1-3-32-27(30)18-34-24-13-7-21(8-14-24)26(17-20-5-11-23(29)12-6-20)22-9-15-25(16-10-22)35-19-28(31)33-4-2;;;;/h1-2,5-17H,18-19,29H2;4*1H. The molecule has 7 heteroatoms. The Bertz CT molecular complexity index is 1220. The molecule has 35 heavy (non-hydrogen) atoms. The van der Waals surface area contributed by atoms with Gasteiger partial charge in [-0.3, -0.25) is 0 Å². The van der Waals surface area contributed by atoms with E-state index in [2.05, 4.69) is 9.47 Å². The largest absolute Gasteiger partial charge is 0.482 e. The van der Waals surface area contributed by atoms with E-state index in [4.69, 9.17) is 28.1 Å². The Balaban J connectivity index is 0. The van der Waals surface area contributed by atoms with E-state index in [1.165, 1.54) is 0 Å². The summed E-state index contributed by atoms with van der Waals surface area (Å²) in [5.41, 5.74) is 10.1. The third-order valence-electron chi connectivity index (χ3n) is 4.64. The van der Waals surface area contributed by atoms with E-state index in [9.17, 15) is 9.59 Å². The fourth-order valence-corrected chi connectivity index (χ4v) is 3.03. The monoisotopic (exact) mass is 475 g/mol. The van der Waals surface area contributed by atoms with Crippen LogP contribution in [0.1, 0.15) is 22.4 Å². The molecule has 0 aliphatic heterocycles. The first-order chi connectivity index (χ1) is 17.0. The highest BCUT2D eigenvalue weighted by atomic mass is 16.6. The molecular formula is C28H29NO6. The van der Waals surface area contributed by atoms with Gasteiger partial charge < -0.3 is 24.7 Å². The molecule has 0 unspecified atom stereocenters. The van der Waals surface area contributed by atoms with Crippen molar-refractivity contribution in [1.29, 1.82) is 0 Å². The molecule has 0 saturated heterocycles. The highest BCUT2D eigenvalue weighted by Crippen LogP contribution is 2.29. The molecule has 0 fully saturated rings. The van der Waals surface area contributed by atoms with Gasteiger partial charge in [-0.2, -0.15) is 0 Å². The van der Waals surface area contributed by atoms with E-state index in [-0.39, 0.29) is 18.9 Å². The quantitative estimate of drug-likeness (QED) is 0.204. The molecule has 0 saturated carbocycles. The highest BCUT2D eigenvalue weighted by molar-refractivity contribution is 5.91. The molecule has 0 spiro atoms. The molecule has 3 aromatic rings. The minimum atomic E-state index is -0.657. The van der Waals surface area contributed by atoms with Gasteiger partial charge in [0, 0.05) is 11.4 Å². The van der Waals surface area contributed by atoms with Gasteiger partial charge >= 0.3 is 11.9 Å². The number of carbonyl (C=O) groups excluding carboxylic acids is 2. The topological polar surface area (TPSA) is 97.1 Å². The summed E-state index contributed by atoms with van der Waals surface area (Å²) >= 11 is 0. The maximum absolute atomic E-state index is 11.4. The predicted octanol–water partition coefficient (Wildman–Crippen LogP) is 4.87. The minimum absolute atomic E-state index is 0. The molecule has 0 radical (unpaired) electrons. The number of terminal acetylenes is 2. The summed E-state index contributed by atoms with van der Waals surface area (Å²) < 4.78 is 19.6. The fraction of sp³-hybridized carbons (Fsp3) is 0.0714. The van der Waals surface area contributed by atoms with Gasteiger partial charge in [0.1, 0.15) is 23.7 Å². The molecule has 0 bridgehead atoms. The average molecular weight is 476 g/mol. The number of nitrogens with two attached hydrogens (primary N) is 1. The molecule has 3 aromatic carbocycles. The van der Waals surface area contributed by atoms with Gasteiger partial charge in [-0.25, -0.2) is 9.59 Å². The molecule has 7 nitrogen and oxygen atoms in total. The van der Waals surface area contributed by atoms with Gasteiger partial charge in [0.15, 0.2) is 13.2 Å². The molecule has 2 N–H and O–H groups in total. The smallest absolute Gasteiger partial charge is 0.358 e. The highest BCUT2D eigenvalue weighted by Gasteiger charge is 2.09. The lowest BCUT2D eigenvalue weighted by atomic mass is 9.95. The number of esters is 2. The molecular weight excluding hydrogens is 446 g/mol. The summed E-state index contributed by atoms with van der Waals surface area (Å²) in [5, 5.41) is 0. The van der Waals surface area contributed by atoms with Crippen molar-refractivity contribution in [2.24, 2.45) is 0 Å². The summed E-state index contributed by atoms with van der Waals surface area (Å²) in [6, 6.07) is 21.9. The summed E-state index contributed by atoms with van der Waals surface area (Å²) in [4.78, 5) is 22.8. The number of carbonyl (C=O) groups is 2. The number of hydrogen-bond acceptors (Lipinski definition) is 7. The first-order valence-corrected chi connectivity index (χ1v) is 10.3. The van der Waals surface area contributed by atoms with Gasteiger partial charge in [0.25, 0.3) is 0 Å². The summed E-state index contributed by atoms with van der Waals surface area (Å²) in [5.74, 6) is -0.347. The van der Waals surface area contributed by atoms with Crippen LogP contribution < -0.4 is 15.2 Å². The number of ether oxygens (including phenoxy) is 4. The molecule has 3 rings (SSSR count). The van der Waals surface area contributed by atoms with Crippen molar-refractivity contribution in [2.45, 2.75) is 0 Å². The third kappa shape index (κ3) is 7.45. The number of rotatable bonds is 9. The Hall–Kier alpha value is -5.14.